The van der Waals surface area contributed by atoms with Gasteiger partial charge in [-0.05, 0) is 68.8 Å². The van der Waals surface area contributed by atoms with Crippen LogP contribution >= 0.6 is 11.6 Å². The molecule has 0 radical (unpaired) electrons. The Balaban J connectivity index is 1.62. The molecule has 6 rings (SSSR count). The molecule has 6 aromatic rings. The molecule has 0 spiro atoms. The highest BCUT2D eigenvalue weighted by Crippen LogP contribution is 2.35. The summed E-state index contributed by atoms with van der Waals surface area (Å²) in [4.78, 5) is 49.9. The minimum Gasteiger partial charge on any atom is -0.444 e. The topological polar surface area (TPSA) is 176 Å². The number of nitrogens with zero attached hydrogens (tertiary/aromatic N) is 5. The molecule has 3 aromatic carbocycles. The molecule has 3 aromatic heterocycles. The molecule has 0 aliphatic rings. The smallest absolute Gasteiger partial charge is 0.408 e. The first kappa shape index (κ1) is 39.7. The van der Waals surface area contributed by atoms with E-state index in [0.717, 1.165) is 23.0 Å². The number of ether oxygens (including phenoxy) is 2. The van der Waals surface area contributed by atoms with E-state index in [1.54, 1.807) is 26.8 Å². The van der Waals surface area contributed by atoms with Crippen molar-refractivity contribution in [3.05, 3.63) is 111 Å². The summed E-state index contributed by atoms with van der Waals surface area (Å²) in [6, 6.07) is 12.5. The number of hydrogen-bond acceptors (Lipinski definition) is 10. The Morgan fingerprint density at radius 2 is 1.68 bits per heavy atom. The lowest BCUT2D eigenvalue weighted by Crippen LogP contribution is -2.39. The molecule has 0 saturated carbocycles. The largest absolute Gasteiger partial charge is 0.444 e. The summed E-state index contributed by atoms with van der Waals surface area (Å²) in [5.41, 5.74) is -1.69. The lowest BCUT2D eigenvalue weighted by atomic mass is 10.0. The Morgan fingerprint density at radius 3 is 2.34 bits per heavy atom. The van der Waals surface area contributed by atoms with Gasteiger partial charge in [0.1, 0.15) is 28.8 Å². The van der Waals surface area contributed by atoms with Crippen molar-refractivity contribution in [1.29, 1.82) is 0 Å². The number of para-hydroxylation sites is 1. The van der Waals surface area contributed by atoms with Gasteiger partial charge in [-0.15, -0.1) is 0 Å². The lowest BCUT2D eigenvalue weighted by molar-refractivity contribution is -0.113. The highest BCUT2D eigenvalue weighted by molar-refractivity contribution is 7.91. The van der Waals surface area contributed by atoms with Crippen LogP contribution in [0, 0.1) is 17.5 Å². The minimum absolute atomic E-state index is 0.0603. The highest BCUT2D eigenvalue weighted by Gasteiger charge is 2.29. The van der Waals surface area contributed by atoms with E-state index in [2.05, 4.69) is 20.7 Å². The molecular weight excluding hydrogens is 779 g/mol. The number of halogens is 4. The second-order valence-corrected chi connectivity index (χ2v) is 16.3. The van der Waals surface area contributed by atoms with Gasteiger partial charge in [0.15, 0.2) is 32.9 Å². The van der Waals surface area contributed by atoms with Crippen molar-refractivity contribution in [1.82, 2.24) is 29.6 Å². The summed E-state index contributed by atoms with van der Waals surface area (Å²) in [6.07, 6.45) is -0.423. The molecule has 2 N–H and O–H groups in total. The molecule has 19 heteroatoms. The molecule has 0 bridgehead atoms. The first-order valence-corrected chi connectivity index (χ1v) is 19.1. The van der Waals surface area contributed by atoms with Crippen LogP contribution in [-0.2, 0) is 32.8 Å². The fraction of sp³-hybridized carbons (Fsp3) is 0.243. The number of rotatable bonds is 10. The van der Waals surface area contributed by atoms with Gasteiger partial charge >= 0.3 is 6.09 Å². The molecule has 0 unspecified atom stereocenters. The number of fused-ring (bicyclic) bond motifs is 2. The minimum atomic E-state index is -3.73. The van der Waals surface area contributed by atoms with Crippen molar-refractivity contribution in [2.75, 3.05) is 17.3 Å². The van der Waals surface area contributed by atoms with Gasteiger partial charge in [0.25, 0.3) is 5.56 Å². The quantitative estimate of drug-likeness (QED) is 0.159. The van der Waals surface area contributed by atoms with E-state index in [9.17, 15) is 36.0 Å². The molecule has 0 aliphatic carbocycles. The number of nitrogens with one attached hydrogen (secondary N) is 2. The van der Waals surface area contributed by atoms with Crippen molar-refractivity contribution in [2.24, 2.45) is 7.05 Å². The van der Waals surface area contributed by atoms with Crippen LogP contribution in [0.3, 0.4) is 0 Å². The first-order chi connectivity index (χ1) is 26.3. The average Bonchev–Trinajstić information content (AvgIpc) is 3.39. The van der Waals surface area contributed by atoms with Crippen LogP contribution in [0.1, 0.15) is 38.2 Å². The van der Waals surface area contributed by atoms with E-state index < -0.39 is 62.2 Å². The van der Waals surface area contributed by atoms with Crippen LogP contribution < -0.4 is 20.9 Å². The van der Waals surface area contributed by atoms with Crippen LogP contribution in [0.5, 0.6) is 11.6 Å². The number of sulfone groups is 1. The van der Waals surface area contributed by atoms with E-state index in [4.69, 9.17) is 26.1 Å². The average molecular weight is 812 g/mol. The fourth-order valence-corrected chi connectivity index (χ4v) is 6.67. The maximum atomic E-state index is 14.8. The van der Waals surface area contributed by atoms with Gasteiger partial charge in [-0.2, -0.15) is 10.1 Å². The van der Waals surface area contributed by atoms with Gasteiger partial charge in [-0.3, -0.25) is 18.8 Å². The third kappa shape index (κ3) is 8.92. The van der Waals surface area contributed by atoms with Gasteiger partial charge in [-0.1, -0.05) is 23.7 Å². The molecule has 0 aliphatic heterocycles. The third-order valence-corrected chi connectivity index (χ3v) is 9.06. The molecule has 292 valence electrons. The second-order valence-electron chi connectivity index (χ2n) is 13.7. The van der Waals surface area contributed by atoms with Gasteiger partial charge in [0, 0.05) is 31.9 Å². The SMILES string of the molecule is Cn1nc(NC(=O)CS(C)(=O)=O)c2c(Cl)ccc(-n3c([C@H](Cc4cc(F)cc(F)c4)NC(=O)OC(C)(C)C)nc4nc(Oc5ccccc5F)ccc4c3=O)c21. The normalized spacial score (nSPS) is 12.4. The lowest BCUT2D eigenvalue weighted by Gasteiger charge is -2.26. The number of carbonyl (C=O) groups excluding carboxylic acids is 2. The number of carbonyl (C=O) groups is 2. The zero-order chi connectivity index (χ0) is 40.7. The van der Waals surface area contributed by atoms with Crippen molar-refractivity contribution in [3.8, 4) is 17.3 Å². The molecule has 14 nitrogen and oxygen atoms in total. The number of anilines is 1. The van der Waals surface area contributed by atoms with Crippen LogP contribution in [0.4, 0.5) is 23.8 Å². The Bertz CT molecular complexity index is 2700. The number of hydrogen-bond donors (Lipinski definition) is 2. The number of amides is 2. The van der Waals surface area contributed by atoms with Crippen molar-refractivity contribution in [3.63, 3.8) is 0 Å². The summed E-state index contributed by atoms with van der Waals surface area (Å²) >= 11 is 6.63. The van der Waals surface area contributed by atoms with E-state index in [0.29, 0.717) is 6.07 Å². The Kier molecular flexibility index (Phi) is 10.8. The van der Waals surface area contributed by atoms with E-state index >= 15 is 0 Å². The van der Waals surface area contributed by atoms with Crippen LogP contribution in [0.15, 0.2) is 71.5 Å². The van der Waals surface area contributed by atoms with E-state index in [1.807, 2.05) is 0 Å². The highest BCUT2D eigenvalue weighted by atomic mass is 35.5. The maximum Gasteiger partial charge on any atom is 0.408 e. The number of benzene rings is 3. The van der Waals surface area contributed by atoms with Gasteiger partial charge in [-0.25, -0.2) is 31.4 Å². The first-order valence-electron chi connectivity index (χ1n) is 16.7. The van der Waals surface area contributed by atoms with Gasteiger partial charge < -0.3 is 20.1 Å². The predicted octanol–water partition coefficient (Wildman–Crippen LogP) is 6.32. The third-order valence-electron chi connectivity index (χ3n) is 7.96. The summed E-state index contributed by atoms with van der Waals surface area (Å²) < 4.78 is 80.8. The molecule has 0 saturated heterocycles. The van der Waals surface area contributed by atoms with Crippen LogP contribution in [0.2, 0.25) is 5.02 Å². The molecule has 1 atom stereocenters. The fourth-order valence-electron chi connectivity index (χ4n) is 5.88. The van der Waals surface area contributed by atoms with Crippen molar-refractivity contribution < 1.29 is 40.7 Å². The van der Waals surface area contributed by atoms with Crippen LogP contribution in [-0.4, -0.2) is 62.3 Å². The number of aromatic nitrogens is 5. The van der Waals surface area contributed by atoms with E-state index in [-0.39, 0.29) is 67.9 Å². The molecule has 0 fully saturated rings. The molecule has 2 amide bonds. The predicted molar refractivity (Wildman–Crippen MR) is 201 cm³/mol. The van der Waals surface area contributed by atoms with Gasteiger partial charge in [0.2, 0.25) is 11.8 Å². The molecular formula is C37H33ClF3N7O7S. The summed E-state index contributed by atoms with van der Waals surface area (Å²) in [7, 11) is -2.25. The Labute approximate surface area is 322 Å². The summed E-state index contributed by atoms with van der Waals surface area (Å²) in [5.74, 6) is -4.90. The Hall–Kier alpha value is -6.01. The second kappa shape index (κ2) is 15.3. The van der Waals surface area contributed by atoms with Crippen LogP contribution in [0.25, 0.3) is 27.6 Å². The monoisotopic (exact) mass is 811 g/mol. The van der Waals surface area contributed by atoms with Crippen molar-refractivity contribution in [2.45, 2.75) is 38.8 Å². The summed E-state index contributed by atoms with van der Waals surface area (Å²) in [6.45, 7) is 4.86. The van der Waals surface area contributed by atoms with Crippen molar-refractivity contribution >= 4 is 61.2 Å². The standard InChI is InChI=1S/C37H33ClF3N7O7S/c1-37(2,3)55-36(51)42-25(16-19-14-20(39)17-21(40)15-19)34-45-32-22(10-13-29(44-32)54-27-9-7-6-8-24(27)41)35(50)48(34)26-12-11-23(38)30-31(26)47(4)46-33(30)43-28(49)18-56(5,52)53/h6-15,17,25H,16,18H2,1-5H3,(H,42,51)(H,43,46,49)/t25-/m0/s1. The molecule has 56 heavy (non-hydrogen) atoms. The number of pyridine rings is 1. The Morgan fingerprint density at radius 1 is 0.982 bits per heavy atom. The molecule has 3 heterocycles. The zero-order valence-corrected chi connectivity index (χ0v) is 31.9. The maximum absolute atomic E-state index is 14.8. The van der Waals surface area contributed by atoms with Gasteiger partial charge in [0.05, 0.1) is 33.0 Å². The van der Waals surface area contributed by atoms with E-state index in [1.165, 1.54) is 54.2 Å². The number of alkyl carbamates (subject to hydrolysis) is 1. The zero-order valence-electron chi connectivity index (χ0n) is 30.4. The number of aryl methyl sites for hydroxylation is 1. The summed E-state index contributed by atoms with van der Waals surface area (Å²) in [5, 5.41) is 9.56.